The molecule has 1 N–H and O–H groups in total. The molecule has 1 heterocycles. The van der Waals surface area contributed by atoms with Crippen molar-refractivity contribution in [2.75, 3.05) is 6.54 Å². The molecule has 0 fully saturated rings. The number of carbonyl (C=O) groups is 1. The molecule has 0 saturated heterocycles. The Hall–Kier alpha value is -2.15. The maximum atomic E-state index is 12.9. The molecule has 0 spiro atoms. The normalized spacial score (nSPS) is 22.9. The third kappa shape index (κ3) is 2.09. The molecule has 1 atom stereocenters. The highest BCUT2D eigenvalue weighted by Gasteiger charge is 2.65. The maximum absolute atomic E-state index is 12.9. The van der Waals surface area contributed by atoms with Crippen molar-refractivity contribution in [1.82, 2.24) is 4.90 Å². The minimum Gasteiger partial charge on any atom is -0.355 e. The highest BCUT2D eigenvalue weighted by molar-refractivity contribution is 6.15. The van der Waals surface area contributed by atoms with Crippen LogP contribution >= 0.6 is 0 Å². The van der Waals surface area contributed by atoms with Crippen LogP contribution in [0.4, 0.5) is 13.2 Å². The Bertz CT molecular complexity index is 569. The summed E-state index contributed by atoms with van der Waals surface area (Å²) < 4.78 is 38.6. The van der Waals surface area contributed by atoms with Crippen LogP contribution in [0.25, 0.3) is 0 Å². The molecule has 2 rings (SSSR count). The molecule has 106 valence electrons. The second-order valence-corrected chi connectivity index (χ2v) is 4.18. The van der Waals surface area contributed by atoms with Gasteiger partial charge in [-0.15, -0.1) is 6.58 Å². The number of amidine groups is 1. The van der Waals surface area contributed by atoms with Crippen molar-refractivity contribution >= 4 is 11.7 Å². The van der Waals surface area contributed by atoms with Crippen LogP contribution in [0.5, 0.6) is 0 Å². The number of rotatable bonds is 3. The molecule has 1 aliphatic rings. The van der Waals surface area contributed by atoms with Gasteiger partial charge in [-0.2, -0.15) is 13.2 Å². The summed E-state index contributed by atoms with van der Waals surface area (Å²) in [6.07, 6.45) is -3.92. The number of halogens is 3. The summed E-state index contributed by atoms with van der Waals surface area (Å²) >= 11 is 0. The quantitative estimate of drug-likeness (QED) is 0.859. The molecule has 1 aromatic rings. The van der Waals surface area contributed by atoms with Gasteiger partial charge in [0.05, 0.1) is 0 Å². The van der Waals surface area contributed by atoms with Crippen LogP contribution in [0.15, 0.2) is 48.0 Å². The zero-order chi connectivity index (χ0) is 15.0. The van der Waals surface area contributed by atoms with Crippen LogP contribution in [0.3, 0.4) is 0 Å². The topological polar surface area (TPSA) is 52.9 Å². The molecule has 0 bridgehead atoms. The van der Waals surface area contributed by atoms with Gasteiger partial charge >= 0.3 is 11.9 Å². The number of benzene rings is 1. The van der Waals surface area contributed by atoms with Crippen LogP contribution < -0.4 is 0 Å². The maximum Gasteiger partial charge on any atom is 0.448 e. The van der Waals surface area contributed by atoms with Gasteiger partial charge < -0.3 is 5.11 Å². The Morgan fingerprint density at radius 3 is 2.45 bits per heavy atom. The first-order valence-electron chi connectivity index (χ1n) is 5.68. The standard InChI is InChI=1S/C13H11F3N2O2/c1-2-8-18-10(9-6-4-3-5-7-9)17-12(20,11(18)19)13(14,15)16/h2-7,20H,1,8H2. The first kappa shape index (κ1) is 14.3. The van der Waals surface area contributed by atoms with Gasteiger partial charge in [0.2, 0.25) is 0 Å². The van der Waals surface area contributed by atoms with Crippen molar-refractivity contribution in [3.05, 3.63) is 48.6 Å². The van der Waals surface area contributed by atoms with Gasteiger partial charge in [-0.3, -0.25) is 9.69 Å². The molecule has 1 unspecified atom stereocenters. The smallest absolute Gasteiger partial charge is 0.355 e. The lowest BCUT2D eigenvalue weighted by atomic mass is 10.2. The number of aliphatic imine (C=N–C) groups is 1. The van der Waals surface area contributed by atoms with Gasteiger partial charge in [-0.1, -0.05) is 36.4 Å². The first-order valence-corrected chi connectivity index (χ1v) is 5.68. The van der Waals surface area contributed by atoms with E-state index in [-0.39, 0.29) is 12.4 Å². The van der Waals surface area contributed by atoms with Crippen molar-refractivity contribution in [1.29, 1.82) is 0 Å². The minimum absolute atomic E-state index is 0.176. The number of aliphatic hydroxyl groups is 1. The molecule has 0 aliphatic carbocycles. The summed E-state index contributed by atoms with van der Waals surface area (Å²) in [6.45, 7) is 3.21. The van der Waals surface area contributed by atoms with Gasteiger partial charge in [0.15, 0.2) is 0 Å². The Morgan fingerprint density at radius 2 is 1.95 bits per heavy atom. The summed E-state index contributed by atoms with van der Waals surface area (Å²) in [6, 6.07) is 7.88. The average Bonchev–Trinajstić information content (AvgIpc) is 2.66. The molecule has 4 nitrogen and oxygen atoms in total. The number of hydrogen-bond acceptors (Lipinski definition) is 3. The van der Waals surface area contributed by atoms with Crippen LogP contribution in [-0.4, -0.2) is 40.2 Å². The van der Waals surface area contributed by atoms with Gasteiger partial charge in [0.1, 0.15) is 5.84 Å². The number of amides is 1. The molecule has 1 aromatic carbocycles. The lowest BCUT2D eigenvalue weighted by Crippen LogP contribution is -2.52. The monoisotopic (exact) mass is 284 g/mol. The second-order valence-electron chi connectivity index (χ2n) is 4.18. The number of hydrogen-bond donors (Lipinski definition) is 1. The van der Waals surface area contributed by atoms with Crippen molar-refractivity contribution in [2.45, 2.75) is 11.9 Å². The Kier molecular flexibility index (Phi) is 3.39. The minimum atomic E-state index is -5.18. The van der Waals surface area contributed by atoms with Crippen LogP contribution in [0.1, 0.15) is 5.56 Å². The van der Waals surface area contributed by atoms with E-state index < -0.39 is 17.8 Å². The zero-order valence-electron chi connectivity index (χ0n) is 10.3. The molecule has 20 heavy (non-hydrogen) atoms. The van der Waals surface area contributed by atoms with Gasteiger partial charge in [-0.25, -0.2) is 4.99 Å². The highest BCUT2D eigenvalue weighted by atomic mass is 19.4. The third-order valence-electron chi connectivity index (χ3n) is 2.81. The molecule has 7 heteroatoms. The van der Waals surface area contributed by atoms with E-state index in [4.69, 9.17) is 0 Å². The van der Waals surface area contributed by atoms with E-state index in [1.165, 1.54) is 18.2 Å². The number of carbonyl (C=O) groups excluding carboxylic acids is 1. The predicted octanol–water partition coefficient (Wildman–Crippen LogP) is 1.71. The Morgan fingerprint density at radius 1 is 1.35 bits per heavy atom. The van der Waals surface area contributed by atoms with Crippen LogP contribution in [0.2, 0.25) is 0 Å². The molecule has 0 saturated carbocycles. The van der Waals surface area contributed by atoms with E-state index in [9.17, 15) is 23.1 Å². The molecule has 0 aromatic heterocycles. The molecule has 0 radical (unpaired) electrons. The predicted molar refractivity (Wildman–Crippen MR) is 65.9 cm³/mol. The summed E-state index contributed by atoms with van der Waals surface area (Å²) in [4.78, 5) is 15.8. The lowest BCUT2D eigenvalue weighted by Gasteiger charge is -2.22. The SMILES string of the molecule is C=CCN1C(=O)C(O)(C(F)(F)F)N=C1c1ccccc1. The van der Waals surface area contributed by atoms with Crippen molar-refractivity contribution in [2.24, 2.45) is 4.99 Å². The fraction of sp³-hybridized carbons (Fsp3) is 0.231. The summed E-state index contributed by atoms with van der Waals surface area (Å²) in [7, 11) is 0. The Labute approximate surface area is 112 Å². The van der Waals surface area contributed by atoms with Crippen molar-refractivity contribution < 1.29 is 23.1 Å². The highest BCUT2D eigenvalue weighted by Crippen LogP contribution is 2.37. The molecule has 1 aliphatic heterocycles. The third-order valence-corrected chi connectivity index (χ3v) is 2.81. The largest absolute Gasteiger partial charge is 0.448 e. The number of alkyl halides is 3. The van der Waals surface area contributed by atoms with E-state index in [1.54, 1.807) is 18.2 Å². The van der Waals surface area contributed by atoms with E-state index in [0.29, 0.717) is 5.56 Å². The summed E-state index contributed by atoms with van der Waals surface area (Å²) in [5.74, 6) is -1.75. The van der Waals surface area contributed by atoms with E-state index in [1.807, 2.05) is 0 Å². The molecular weight excluding hydrogens is 273 g/mol. The average molecular weight is 284 g/mol. The zero-order valence-corrected chi connectivity index (χ0v) is 10.3. The van der Waals surface area contributed by atoms with Gasteiger partial charge in [-0.05, 0) is 0 Å². The molecular formula is C13H11F3N2O2. The van der Waals surface area contributed by atoms with Crippen LogP contribution in [-0.2, 0) is 4.79 Å². The Balaban J connectivity index is 2.54. The van der Waals surface area contributed by atoms with Gasteiger partial charge in [0.25, 0.3) is 5.91 Å². The van der Waals surface area contributed by atoms with Crippen molar-refractivity contribution in [3.8, 4) is 0 Å². The van der Waals surface area contributed by atoms with E-state index in [0.717, 1.165) is 4.90 Å². The van der Waals surface area contributed by atoms with Crippen LogP contribution in [0, 0.1) is 0 Å². The fourth-order valence-electron chi connectivity index (χ4n) is 1.84. The van der Waals surface area contributed by atoms with E-state index >= 15 is 0 Å². The van der Waals surface area contributed by atoms with Gasteiger partial charge in [0, 0.05) is 12.1 Å². The summed E-state index contributed by atoms with van der Waals surface area (Å²) in [5.41, 5.74) is -3.43. The molecule has 1 amide bonds. The second kappa shape index (κ2) is 4.75. The van der Waals surface area contributed by atoms with Crippen molar-refractivity contribution in [3.63, 3.8) is 0 Å². The first-order chi connectivity index (χ1) is 9.31. The lowest BCUT2D eigenvalue weighted by molar-refractivity contribution is -0.248. The number of nitrogens with zero attached hydrogens (tertiary/aromatic N) is 2. The van der Waals surface area contributed by atoms with E-state index in [2.05, 4.69) is 11.6 Å². The fourth-order valence-corrected chi connectivity index (χ4v) is 1.84. The summed E-state index contributed by atoms with van der Waals surface area (Å²) in [5, 5.41) is 9.59.